The van der Waals surface area contributed by atoms with Crippen molar-refractivity contribution in [2.75, 3.05) is 0 Å². The molecule has 0 saturated carbocycles. The fourth-order valence-electron chi connectivity index (χ4n) is 2.18. The zero-order valence-electron chi connectivity index (χ0n) is 10.3. The highest BCUT2D eigenvalue weighted by Gasteiger charge is 2.45. The summed E-state index contributed by atoms with van der Waals surface area (Å²) in [5.41, 5.74) is 0.393. The molecule has 6 nitrogen and oxygen atoms in total. The SMILES string of the molecule is CCCC(N1C(=O)c2ccccc2C1=O)P(=O)(O)O. The van der Waals surface area contributed by atoms with Gasteiger partial charge in [0.05, 0.1) is 11.1 Å². The minimum atomic E-state index is -4.56. The van der Waals surface area contributed by atoms with Crippen LogP contribution in [0.1, 0.15) is 40.5 Å². The Morgan fingerprint density at radius 2 is 1.63 bits per heavy atom. The second kappa shape index (κ2) is 4.89. The molecular weight excluding hydrogens is 269 g/mol. The first kappa shape index (κ1) is 13.9. The van der Waals surface area contributed by atoms with E-state index in [-0.39, 0.29) is 17.5 Å². The predicted octanol–water partition coefficient (Wildman–Crippen LogP) is 1.59. The zero-order chi connectivity index (χ0) is 14.2. The Morgan fingerprint density at radius 3 is 2.00 bits per heavy atom. The van der Waals surface area contributed by atoms with E-state index in [0.717, 1.165) is 0 Å². The van der Waals surface area contributed by atoms with Crippen molar-refractivity contribution in [2.45, 2.75) is 25.5 Å². The molecule has 2 N–H and O–H groups in total. The van der Waals surface area contributed by atoms with Crippen LogP contribution in [0.25, 0.3) is 0 Å². The van der Waals surface area contributed by atoms with Gasteiger partial charge in [-0.3, -0.25) is 19.1 Å². The first-order chi connectivity index (χ1) is 8.88. The summed E-state index contributed by atoms with van der Waals surface area (Å²) in [4.78, 5) is 43.7. The summed E-state index contributed by atoms with van der Waals surface area (Å²) in [5.74, 6) is -2.66. The molecule has 0 spiro atoms. The van der Waals surface area contributed by atoms with Crippen molar-refractivity contribution in [1.29, 1.82) is 0 Å². The molecule has 1 atom stereocenters. The minimum absolute atomic E-state index is 0.0791. The Labute approximate surface area is 110 Å². The molecule has 19 heavy (non-hydrogen) atoms. The monoisotopic (exact) mass is 283 g/mol. The average Bonchev–Trinajstić information content (AvgIpc) is 2.59. The van der Waals surface area contributed by atoms with Gasteiger partial charge in [0.15, 0.2) is 0 Å². The lowest BCUT2D eigenvalue weighted by molar-refractivity contribution is 0.0608. The smallest absolute Gasteiger partial charge is 0.323 e. The summed E-state index contributed by atoms with van der Waals surface area (Å²) in [6.07, 6.45) is 0.541. The summed E-state index contributed by atoms with van der Waals surface area (Å²) in [7, 11) is -4.56. The molecule has 7 heteroatoms. The quantitative estimate of drug-likeness (QED) is 0.646. The third-order valence-corrected chi connectivity index (χ3v) is 4.32. The Bertz CT molecular complexity index is 544. The van der Waals surface area contributed by atoms with Crippen molar-refractivity contribution in [1.82, 2.24) is 4.90 Å². The number of hydrogen-bond acceptors (Lipinski definition) is 3. The summed E-state index contributed by atoms with van der Waals surface area (Å²) >= 11 is 0. The van der Waals surface area contributed by atoms with Crippen LogP contribution < -0.4 is 0 Å². The van der Waals surface area contributed by atoms with Gasteiger partial charge in [-0.1, -0.05) is 25.5 Å². The molecule has 1 heterocycles. The molecule has 0 aliphatic carbocycles. The zero-order valence-corrected chi connectivity index (χ0v) is 11.2. The van der Waals surface area contributed by atoms with E-state index in [1.807, 2.05) is 0 Å². The van der Waals surface area contributed by atoms with E-state index in [9.17, 15) is 23.9 Å². The molecule has 1 aliphatic heterocycles. The maximum atomic E-state index is 12.1. The maximum absolute atomic E-state index is 12.1. The van der Waals surface area contributed by atoms with Crippen LogP contribution in [0.2, 0.25) is 0 Å². The number of hydrogen-bond donors (Lipinski definition) is 2. The van der Waals surface area contributed by atoms with E-state index in [2.05, 4.69) is 0 Å². The van der Waals surface area contributed by atoms with E-state index >= 15 is 0 Å². The van der Waals surface area contributed by atoms with Crippen LogP contribution in [0.15, 0.2) is 24.3 Å². The van der Waals surface area contributed by atoms with Crippen molar-refractivity contribution in [2.24, 2.45) is 0 Å². The Hall–Kier alpha value is -1.49. The molecule has 2 rings (SSSR count). The molecule has 0 fully saturated rings. The molecule has 1 aromatic rings. The molecule has 0 aromatic heterocycles. The van der Waals surface area contributed by atoms with Crippen LogP contribution in [-0.4, -0.2) is 32.3 Å². The van der Waals surface area contributed by atoms with Crippen molar-refractivity contribution in [3.05, 3.63) is 35.4 Å². The van der Waals surface area contributed by atoms with Crippen LogP contribution in [0.4, 0.5) is 0 Å². The molecule has 2 amide bonds. The topological polar surface area (TPSA) is 94.9 Å². The largest absolute Gasteiger partial charge is 0.348 e. The lowest BCUT2D eigenvalue weighted by atomic mass is 10.1. The van der Waals surface area contributed by atoms with Gasteiger partial charge in [0, 0.05) is 0 Å². The van der Waals surface area contributed by atoms with Crippen LogP contribution >= 0.6 is 7.60 Å². The van der Waals surface area contributed by atoms with Gasteiger partial charge in [0.2, 0.25) is 0 Å². The molecule has 102 valence electrons. The highest BCUT2D eigenvalue weighted by atomic mass is 31.2. The minimum Gasteiger partial charge on any atom is -0.323 e. The van der Waals surface area contributed by atoms with Gasteiger partial charge in [-0.25, -0.2) is 0 Å². The second-order valence-electron chi connectivity index (χ2n) is 4.38. The van der Waals surface area contributed by atoms with Gasteiger partial charge in [0.25, 0.3) is 11.8 Å². The number of nitrogens with zero attached hydrogens (tertiary/aromatic N) is 1. The average molecular weight is 283 g/mol. The van der Waals surface area contributed by atoms with Crippen molar-refractivity contribution >= 4 is 19.4 Å². The van der Waals surface area contributed by atoms with Gasteiger partial charge in [-0.05, 0) is 18.6 Å². The molecule has 0 radical (unpaired) electrons. The lowest BCUT2D eigenvalue weighted by Crippen LogP contribution is -2.39. The van der Waals surface area contributed by atoms with Gasteiger partial charge in [-0.15, -0.1) is 0 Å². The predicted molar refractivity (Wildman–Crippen MR) is 67.7 cm³/mol. The van der Waals surface area contributed by atoms with Crippen LogP contribution in [0.3, 0.4) is 0 Å². The fourth-order valence-corrected chi connectivity index (χ4v) is 3.29. The summed E-state index contributed by atoms with van der Waals surface area (Å²) in [5, 5.41) is 0. The number of benzene rings is 1. The van der Waals surface area contributed by atoms with E-state index < -0.39 is 25.2 Å². The van der Waals surface area contributed by atoms with Gasteiger partial charge >= 0.3 is 7.60 Å². The third kappa shape index (κ3) is 2.34. The number of carbonyl (C=O) groups is 2. The van der Waals surface area contributed by atoms with Crippen LogP contribution in [0.5, 0.6) is 0 Å². The van der Waals surface area contributed by atoms with Crippen molar-refractivity contribution in [3.8, 4) is 0 Å². The summed E-state index contributed by atoms with van der Waals surface area (Å²) in [6, 6.07) is 6.19. The molecule has 0 bridgehead atoms. The number of fused-ring (bicyclic) bond motifs is 1. The maximum Gasteiger partial charge on any atom is 0.348 e. The van der Waals surface area contributed by atoms with Gasteiger partial charge in [0.1, 0.15) is 5.78 Å². The Kier molecular flexibility index (Phi) is 3.58. The third-order valence-electron chi connectivity index (χ3n) is 3.06. The Balaban J connectivity index is 2.45. The fraction of sp³-hybridized carbons (Fsp3) is 0.333. The number of carbonyl (C=O) groups excluding carboxylic acids is 2. The van der Waals surface area contributed by atoms with Crippen LogP contribution in [-0.2, 0) is 4.57 Å². The molecule has 0 saturated heterocycles. The second-order valence-corrected chi connectivity index (χ2v) is 6.16. The summed E-state index contributed by atoms with van der Waals surface area (Å²) in [6.45, 7) is 1.74. The van der Waals surface area contributed by atoms with E-state index in [1.165, 1.54) is 12.1 Å². The standard InChI is InChI=1S/C12H14NO5P/c1-2-5-10(19(16,17)18)13-11(14)8-6-3-4-7-9(8)12(13)15/h3-4,6-7,10H,2,5H2,1H3,(H2,16,17,18). The first-order valence-electron chi connectivity index (χ1n) is 5.90. The number of imide groups is 1. The van der Waals surface area contributed by atoms with E-state index in [0.29, 0.717) is 11.3 Å². The molecule has 1 aliphatic rings. The Morgan fingerprint density at radius 1 is 1.16 bits per heavy atom. The molecule has 1 aromatic carbocycles. The first-order valence-corrected chi connectivity index (χ1v) is 7.58. The van der Waals surface area contributed by atoms with Crippen molar-refractivity contribution in [3.63, 3.8) is 0 Å². The molecule has 1 unspecified atom stereocenters. The highest BCUT2D eigenvalue weighted by molar-refractivity contribution is 7.52. The van der Waals surface area contributed by atoms with Gasteiger partial charge < -0.3 is 9.79 Å². The number of amides is 2. The van der Waals surface area contributed by atoms with Crippen LogP contribution in [0, 0.1) is 0 Å². The highest BCUT2D eigenvalue weighted by Crippen LogP contribution is 2.47. The van der Waals surface area contributed by atoms with Gasteiger partial charge in [-0.2, -0.15) is 0 Å². The lowest BCUT2D eigenvalue weighted by Gasteiger charge is -2.26. The van der Waals surface area contributed by atoms with E-state index in [1.54, 1.807) is 19.1 Å². The normalized spacial score (nSPS) is 16.7. The van der Waals surface area contributed by atoms with Crippen molar-refractivity contribution < 1.29 is 23.9 Å². The number of rotatable bonds is 4. The van der Waals surface area contributed by atoms with E-state index in [4.69, 9.17) is 0 Å². The molecular formula is C12H14NO5P. The summed E-state index contributed by atoms with van der Waals surface area (Å²) < 4.78 is 11.5.